The van der Waals surface area contributed by atoms with Gasteiger partial charge in [0.05, 0.1) is 32.8 Å². The lowest BCUT2D eigenvalue weighted by atomic mass is 9.47. The molecule has 0 spiro atoms. The van der Waals surface area contributed by atoms with E-state index in [1.165, 1.54) is 14.2 Å². The average Bonchev–Trinajstić information content (AvgIpc) is 3.08. The van der Waals surface area contributed by atoms with Gasteiger partial charge < -0.3 is 19.3 Å². The Balaban J connectivity index is 1.91. The van der Waals surface area contributed by atoms with Crippen LogP contribution in [0.3, 0.4) is 0 Å². The predicted octanol–water partition coefficient (Wildman–Crippen LogP) is 6.43. The van der Waals surface area contributed by atoms with E-state index in [1.54, 1.807) is 104 Å². The summed E-state index contributed by atoms with van der Waals surface area (Å²) in [7, 11) is 3.06. The molecule has 4 aromatic carbocycles. The van der Waals surface area contributed by atoms with Crippen LogP contribution in [0.25, 0.3) is 0 Å². The van der Waals surface area contributed by atoms with E-state index in [2.05, 4.69) is 6.07 Å². The summed E-state index contributed by atoms with van der Waals surface area (Å²) >= 11 is 0. The molecule has 0 aromatic heterocycles. The van der Waals surface area contributed by atoms with Crippen LogP contribution in [0.1, 0.15) is 52.2 Å². The third-order valence-corrected chi connectivity index (χ3v) is 8.77. The smallest absolute Gasteiger partial charge is 0.327 e. The van der Waals surface area contributed by atoms with Gasteiger partial charge in [0, 0.05) is 17.4 Å². The van der Waals surface area contributed by atoms with E-state index in [4.69, 9.17) is 14.2 Å². The van der Waals surface area contributed by atoms with Crippen LogP contribution in [0.2, 0.25) is 0 Å². The minimum Gasteiger partial charge on any atom is -0.497 e. The fourth-order valence-corrected chi connectivity index (χ4v) is 6.77. The highest BCUT2D eigenvalue weighted by atomic mass is 16.5. The highest BCUT2D eigenvalue weighted by Crippen LogP contribution is 2.64. The number of hydrogen-bond acceptors (Lipinski definition) is 7. The molecule has 0 heterocycles. The Labute approximate surface area is 257 Å². The predicted molar refractivity (Wildman–Crippen MR) is 165 cm³/mol. The molecule has 5 atom stereocenters. The number of rotatable bonds is 9. The zero-order valence-corrected chi connectivity index (χ0v) is 25.0. The molecule has 0 bridgehead atoms. The van der Waals surface area contributed by atoms with Gasteiger partial charge in [-0.2, -0.15) is 5.26 Å². The third-order valence-electron chi connectivity index (χ3n) is 8.77. The number of methoxy groups -OCH3 is 2. The number of aliphatic hydroxyl groups is 1. The molecule has 0 amide bonds. The zero-order valence-electron chi connectivity index (χ0n) is 25.0. The van der Waals surface area contributed by atoms with Gasteiger partial charge in [-0.05, 0) is 54.3 Å². The van der Waals surface area contributed by atoms with Crippen molar-refractivity contribution in [3.8, 4) is 17.6 Å². The van der Waals surface area contributed by atoms with Crippen molar-refractivity contribution in [1.82, 2.24) is 0 Å². The van der Waals surface area contributed by atoms with Gasteiger partial charge in [-0.15, -0.1) is 0 Å². The highest BCUT2D eigenvalue weighted by Gasteiger charge is 2.67. The first-order valence-corrected chi connectivity index (χ1v) is 14.6. The van der Waals surface area contributed by atoms with E-state index >= 15 is 0 Å². The summed E-state index contributed by atoms with van der Waals surface area (Å²) in [6, 6.07) is 34.2. The fourth-order valence-electron chi connectivity index (χ4n) is 6.77. The van der Waals surface area contributed by atoms with Crippen LogP contribution in [0.4, 0.5) is 0 Å². The zero-order chi connectivity index (χ0) is 31.3. The van der Waals surface area contributed by atoms with Crippen LogP contribution >= 0.6 is 0 Å². The maximum atomic E-state index is 14.8. The lowest BCUT2D eigenvalue weighted by Gasteiger charge is -2.54. The number of esters is 1. The molecule has 0 aliphatic heterocycles. The summed E-state index contributed by atoms with van der Waals surface area (Å²) in [6.07, 6.45) is -0.111. The van der Waals surface area contributed by atoms with Crippen molar-refractivity contribution in [3.63, 3.8) is 0 Å². The first-order valence-electron chi connectivity index (χ1n) is 14.6. The summed E-state index contributed by atoms with van der Waals surface area (Å²) in [6.45, 7) is 1.71. The van der Waals surface area contributed by atoms with Crippen molar-refractivity contribution >= 4 is 11.8 Å². The fraction of sp³-hybridized carbons (Fsp3) is 0.270. The monoisotopic (exact) mass is 589 g/mol. The molecule has 1 aliphatic carbocycles. The van der Waals surface area contributed by atoms with E-state index in [9.17, 15) is 20.0 Å². The van der Waals surface area contributed by atoms with Gasteiger partial charge in [0.1, 0.15) is 17.1 Å². The van der Waals surface area contributed by atoms with E-state index < -0.39 is 40.5 Å². The molecule has 5 rings (SSSR count). The molecule has 0 unspecified atom stereocenters. The topological polar surface area (TPSA) is 106 Å². The Morgan fingerprint density at radius 2 is 1.41 bits per heavy atom. The number of nitrogens with zero attached hydrogens (tertiary/aromatic N) is 1. The summed E-state index contributed by atoms with van der Waals surface area (Å²) in [5, 5.41) is 24.3. The lowest BCUT2D eigenvalue weighted by Crippen LogP contribution is -2.59. The summed E-state index contributed by atoms with van der Waals surface area (Å²) in [5.74, 6) is -3.45. The molecule has 1 fully saturated rings. The number of carbonyl (C=O) groups excluding carboxylic acids is 2. The van der Waals surface area contributed by atoms with Gasteiger partial charge in [0.2, 0.25) is 0 Å². The van der Waals surface area contributed by atoms with Crippen LogP contribution in [0.15, 0.2) is 109 Å². The van der Waals surface area contributed by atoms with E-state index in [1.807, 2.05) is 12.1 Å². The number of ketones is 1. The number of hydrogen-bond donors (Lipinski definition) is 1. The molecule has 7 nitrogen and oxygen atoms in total. The SMILES string of the molecule is CCOC(=O)[C@]1(C#N)[C@H](c2cccc(OC)c2)C[C@](O)(c2ccccc2)[C@@H](C(=O)c2ccccc2)[C@@H]1c1cccc(OC)c1. The summed E-state index contributed by atoms with van der Waals surface area (Å²) < 4.78 is 16.8. The lowest BCUT2D eigenvalue weighted by molar-refractivity contribution is -0.164. The maximum absolute atomic E-state index is 14.8. The van der Waals surface area contributed by atoms with Gasteiger partial charge in [0.15, 0.2) is 11.2 Å². The van der Waals surface area contributed by atoms with Crippen LogP contribution in [-0.4, -0.2) is 37.7 Å². The van der Waals surface area contributed by atoms with Crippen LogP contribution < -0.4 is 9.47 Å². The number of ether oxygens (including phenoxy) is 3. The molecule has 1 aliphatic rings. The van der Waals surface area contributed by atoms with Gasteiger partial charge in [0.25, 0.3) is 0 Å². The van der Waals surface area contributed by atoms with Crippen LogP contribution in [-0.2, 0) is 15.1 Å². The standard InChI is InChI=1S/C37H35NO6/c1-4-44-35(40)36(24-38)31(26-15-11-19-29(21-26)42-2)23-37(41,28-17-9-6-10-18-28)33(34(39)25-13-7-5-8-14-25)32(36)27-16-12-20-30(22-27)43-3/h5-22,31-33,41H,4,23H2,1-3H3/t31-,32-,33+,36+,37-/m0/s1. The van der Waals surface area contributed by atoms with E-state index in [0.29, 0.717) is 33.8 Å². The Morgan fingerprint density at radius 3 is 1.98 bits per heavy atom. The highest BCUT2D eigenvalue weighted by molar-refractivity contribution is 6.00. The number of Topliss-reactive ketones (excluding diaryl/α,β-unsaturated/α-hetero) is 1. The number of benzene rings is 4. The molecule has 0 saturated heterocycles. The Bertz CT molecular complexity index is 1670. The molecule has 224 valence electrons. The van der Waals surface area contributed by atoms with Crippen molar-refractivity contribution in [3.05, 3.63) is 131 Å². The summed E-state index contributed by atoms with van der Waals surface area (Å²) in [5.41, 5.74) is -1.77. The normalized spacial score (nSPS) is 24.5. The van der Waals surface area contributed by atoms with Crippen molar-refractivity contribution < 1.29 is 28.9 Å². The number of nitriles is 1. The third kappa shape index (κ3) is 5.23. The number of carbonyl (C=O) groups is 2. The second-order valence-corrected chi connectivity index (χ2v) is 11.0. The van der Waals surface area contributed by atoms with E-state index in [-0.39, 0.29) is 13.0 Å². The molecule has 7 heteroatoms. The second kappa shape index (κ2) is 12.7. The minimum absolute atomic E-state index is 0.0260. The largest absolute Gasteiger partial charge is 0.497 e. The minimum atomic E-state index is -1.93. The van der Waals surface area contributed by atoms with Crippen molar-refractivity contribution in [2.45, 2.75) is 30.8 Å². The van der Waals surface area contributed by atoms with Gasteiger partial charge >= 0.3 is 5.97 Å². The van der Waals surface area contributed by atoms with Crippen molar-refractivity contribution in [2.24, 2.45) is 11.3 Å². The molecular weight excluding hydrogens is 554 g/mol. The van der Waals surface area contributed by atoms with Crippen molar-refractivity contribution in [2.75, 3.05) is 20.8 Å². The maximum Gasteiger partial charge on any atom is 0.327 e. The molecular formula is C37H35NO6. The van der Waals surface area contributed by atoms with Gasteiger partial charge in [-0.3, -0.25) is 9.59 Å². The molecule has 4 aromatic rings. The van der Waals surface area contributed by atoms with Gasteiger partial charge in [-0.1, -0.05) is 84.9 Å². The van der Waals surface area contributed by atoms with Crippen molar-refractivity contribution in [1.29, 1.82) is 5.26 Å². The Hall–Kier alpha value is -4.93. The molecule has 1 N–H and O–H groups in total. The molecule has 1 saturated carbocycles. The van der Waals surface area contributed by atoms with Gasteiger partial charge in [-0.25, -0.2) is 0 Å². The quantitative estimate of drug-likeness (QED) is 0.177. The molecule has 44 heavy (non-hydrogen) atoms. The van der Waals surface area contributed by atoms with Crippen LogP contribution in [0.5, 0.6) is 11.5 Å². The first kappa shape index (κ1) is 30.5. The average molecular weight is 590 g/mol. The van der Waals surface area contributed by atoms with E-state index in [0.717, 1.165) is 0 Å². The second-order valence-electron chi connectivity index (χ2n) is 11.0. The Morgan fingerprint density at radius 1 is 0.841 bits per heavy atom. The first-order chi connectivity index (χ1) is 21.3. The Kier molecular flexibility index (Phi) is 8.84. The molecule has 0 radical (unpaired) electrons. The summed E-state index contributed by atoms with van der Waals surface area (Å²) in [4.78, 5) is 29.2. The van der Waals surface area contributed by atoms with Crippen LogP contribution in [0, 0.1) is 22.7 Å².